The third-order valence-electron chi connectivity index (χ3n) is 6.33. The molecule has 2 aromatic heterocycles. The van der Waals surface area contributed by atoms with Crippen LogP contribution in [0.5, 0.6) is 5.75 Å². The molecular weight excluding hydrogens is 492 g/mol. The lowest BCUT2D eigenvalue weighted by molar-refractivity contribution is 0.198. The third kappa shape index (κ3) is 8.05. The molecule has 9 nitrogen and oxygen atoms in total. The van der Waals surface area contributed by atoms with Gasteiger partial charge in [-0.15, -0.1) is 0 Å². The summed E-state index contributed by atoms with van der Waals surface area (Å²) in [6.45, 7) is 8.38. The summed E-state index contributed by atoms with van der Waals surface area (Å²) in [6.07, 6.45) is 4.72. The lowest BCUT2D eigenvalue weighted by Gasteiger charge is -2.15. The number of benzene rings is 2. The van der Waals surface area contributed by atoms with Crippen LogP contribution < -0.4 is 21.1 Å². The number of unbranched alkanes of at least 4 members (excludes halogenated alkanes) is 1. The number of para-hydroxylation sites is 1. The fourth-order valence-corrected chi connectivity index (χ4v) is 4.57. The zero-order valence-corrected chi connectivity index (χ0v) is 23.8. The van der Waals surface area contributed by atoms with Crippen molar-refractivity contribution in [1.29, 1.82) is 0 Å². The summed E-state index contributed by atoms with van der Waals surface area (Å²) in [5.41, 5.74) is 11.3. The van der Waals surface area contributed by atoms with Gasteiger partial charge in [0.25, 0.3) is 0 Å². The van der Waals surface area contributed by atoms with Crippen LogP contribution in [-0.2, 0) is 17.8 Å². The average molecular weight is 537 g/mol. The van der Waals surface area contributed by atoms with Gasteiger partial charge < -0.3 is 35.5 Å². The Morgan fingerprint density at radius 3 is 2.49 bits per heavy atom. The molecule has 2 aromatic carbocycles. The van der Waals surface area contributed by atoms with E-state index < -0.39 is 0 Å². The molecule has 0 atom stereocenters. The van der Waals surface area contributed by atoms with Gasteiger partial charge >= 0.3 is 0 Å². The van der Waals surface area contributed by atoms with Crippen LogP contribution in [0.3, 0.4) is 0 Å². The number of nitrogens with two attached hydrogens (primary N) is 1. The van der Waals surface area contributed by atoms with Gasteiger partial charge in [0, 0.05) is 43.9 Å². The van der Waals surface area contributed by atoms with Gasteiger partial charge in [0.15, 0.2) is 5.82 Å². The second kappa shape index (κ2) is 15.9. The molecule has 0 aliphatic carbocycles. The van der Waals surface area contributed by atoms with Gasteiger partial charge in [0.05, 0.1) is 19.2 Å². The second-order valence-electron chi connectivity index (χ2n) is 9.32. The minimum absolute atomic E-state index is 0.250. The number of anilines is 2. The number of aromatic nitrogens is 3. The van der Waals surface area contributed by atoms with Crippen molar-refractivity contribution in [3.63, 3.8) is 0 Å². The zero-order chi connectivity index (χ0) is 28.0. The van der Waals surface area contributed by atoms with Gasteiger partial charge in [0.2, 0.25) is 5.95 Å². The first-order chi connectivity index (χ1) is 19.1. The Labute approximate surface area is 231 Å². The minimum Gasteiger partial charge on any atom is -0.496 e. The van der Waals surface area contributed by atoms with Crippen LogP contribution in [0.25, 0.3) is 21.9 Å². The highest BCUT2D eigenvalue weighted by Gasteiger charge is 2.19. The van der Waals surface area contributed by atoms with E-state index in [1.54, 1.807) is 14.0 Å². The Hall–Kier alpha value is -3.40. The van der Waals surface area contributed by atoms with E-state index in [9.17, 15) is 0 Å². The van der Waals surface area contributed by atoms with Crippen molar-refractivity contribution in [2.75, 3.05) is 51.6 Å². The van der Waals surface area contributed by atoms with Gasteiger partial charge in [-0.1, -0.05) is 37.6 Å². The first kappa shape index (κ1) is 30.1. The fourth-order valence-electron chi connectivity index (χ4n) is 4.57. The van der Waals surface area contributed by atoms with Crippen LogP contribution in [0.4, 0.5) is 11.8 Å². The van der Waals surface area contributed by atoms with Crippen LogP contribution in [0.2, 0.25) is 0 Å². The van der Waals surface area contributed by atoms with Crippen molar-refractivity contribution >= 4 is 33.7 Å². The smallest absolute Gasteiger partial charge is 0.222 e. The Morgan fingerprint density at radius 1 is 1.10 bits per heavy atom. The molecular formula is C30H44N6O3. The van der Waals surface area contributed by atoms with E-state index in [4.69, 9.17) is 20.3 Å². The molecule has 5 rings (SSSR count). The SMILES string of the molecule is C1CCOC1.CCCCNc1nc(N)nc2c3ccccc3n(Cc3cc(CNC)ccc3OC)c12.CCO. The molecule has 1 fully saturated rings. The molecule has 39 heavy (non-hydrogen) atoms. The van der Waals surface area contributed by atoms with Crippen molar-refractivity contribution in [1.82, 2.24) is 19.9 Å². The number of hydrogen-bond acceptors (Lipinski definition) is 8. The molecule has 1 aliphatic heterocycles. The number of ether oxygens (including phenoxy) is 2. The van der Waals surface area contributed by atoms with Crippen LogP contribution in [0.1, 0.15) is 50.7 Å². The molecule has 1 aliphatic rings. The minimum atomic E-state index is 0.250. The molecule has 9 heteroatoms. The van der Waals surface area contributed by atoms with E-state index in [0.29, 0.717) is 6.54 Å². The summed E-state index contributed by atoms with van der Waals surface area (Å²) >= 11 is 0. The highest BCUT2D eigenvalue weighted by atomic mass is 16.5. The summed E-state index contributed by atoms with van der Waals surface area (Å²) in [4.78, 5) is 9.16. The van der Waals surface area contributed by atoms with Crippen molar-refractivity contribution in [3.8, 4) is 5.75 Å². The van der Waals surface area contributed by atoms with Crippen molar-refractivity contribution in [3.05, 3.63) is 53.6 Å². The summed E-state index contributed by atoms with van der Waals surface area (Å²) in [6, 6.07) is 14.6. The molecule has 0 unspecified atom stereocenters. The van der Waals surface area contributed by atoms with Crippen molar-refractivity contribution in [2.24, 2.45) is 0 Å². The maximum Gasteiger partial charge on any atom is 0.222 e. The van der Waals surface area contributed by atoms with Crippen LogP contribution in [0, 0.1) is 0 Å². The predicted molar refractivity (Wildman–Crippen MR) is 161 cm³/mol. The number of hydrogen-bond donors (Lipinski definition) is 4. The van der Waals surface area contributed by atoms with Crippen molar-refractivity contribution < 1.29 is 14.6 Å². The summed E-state index contributed by atoms with van der Waals surface area (Å²) < 4.78 is 12.9. The summed E-state index contributed by atoms with van der Waals surface area (Å²) in [5.74, 6) is 1.92. The number of nitrogen functional groups attached to an aromatic ring is 1. The highest BCUT2D eigenvalue weighted by molar-refractivity contribution is 6.09. The predicted octanol–water partition coefficient (Wildman–Crippen LogP) is 4.95. The van der Waals surface area contributed by atoms with E-state index in [0.717, 1.165) is 78.2 Å². The molecule has 0 radical (unpaired) electrons. The monoisotopic (exact) mass is 536 g/mol. The van der Waals surface area contributed by atoms with Crippen molar-refractivity contribution in [2.45, 2.75) is 52.6 Å². The maximum atomic E-state index is 7.57. The van der Waals surface area contributed by atoms with E-state index in [2.05, 4.69) is 56.4 Å². The van der Waals surface area contributed by atoms with E-state index in [-0.39, 0.29) is 12.6 Å². The van der Waals surface area contributed by atoms with Crippen LogP contribution in [0.15, 0.2) is 42.5 Å². The largest absolute Gasteiger partial charge is 0.496 e. The maximum absolute atomic E-state index is 7.57. The lowest BCUT2D eigenvalue weighted by Crippen LogP contribution is -2.10. The Kier molecular flexibility index (Phi) is 12.3. The Morgan fingerprint density at radius 2 is 1.85 bits per heavy atom. The molecule has 212 valence electrons. The van der Waals surface area contributed by atoms with Crippen LogP contribution >= 0.6 is 0 Å². The first-order valence-corrected chi connectivity index (χ1v) is 13.8. The van der Waals surface area contributed by atoms with E-state index in [1.807, 2.05) is 25.2 Å². The molecule has 1 saturated heterocycles. The molecule has 0 spiro atoms. The Bertz CT molecular complexity index is 1300. The van der Waals surface area contributed by atoms with E-state index in [1.165, 1.54) is 18.4 Å². The zero-order valence-electron chi connectivity index (χ0n) is 23.8. The standard InChI is InChI=1S/C24H30N6O.C4H8O.C2H6O/c1-4-5-12-27-23-22-21(28-24(25)29-23)18-8-6-7-9-19(18)30(22)15-17-13-16(14-26-2)10-11-20(17)31-3;1-2-4-5-3-1;1-2-3/h6-11,13,26H,4-5,12,14-15H2,1-3H3,(H3,25,27,28,29);1-4H2;3H,2H2,1H3. The van der Waals surface area contributed by atoms with Gasteiger partial charge in [-0.05, 0) is 57.0 Å². The quantitative estimate of drug-likeness (QED) is 0.222. The number of nitrogens with zero attached hydrogens (tertiary/aromatic N) is 3. The molecule has 4 aromatic rings. The van der Waals surface area contributed by atoms with Gasteiger partial charge in [-0.2, -0.15) is 4.98 Å². The fraction of sp³-hybridized carbons (Fsp3) is 0.467. The number of rotatable bonds is 9. The number of methoxy groups -OCH3 is 1. The van der Waals surface area contributed by atoms with Gasteiger partial charge in [-0.25, -0.2) is 4.98 Å². The number of aliphatic hydroxyl groups excluding tert-OH is 1. The summed E-state index contributed by atoms with van der Waals surface area (Å²) in [5, 5.41) is 15.3. The average Bonchev–Trinajstić information content (AvgIpc) is 3.62. The topological polar surface area (TPSA) is 119 Å². The summed E-state index contributed by atoms with van der Waals surface area (Å²) in [7, 11) is 3.66. The number of nitrogens with one attached hydrogen (secondary N) is 2. The third-order valence-corrected chi connectivity index (χ3v) is 6.33. The van der Waals surface area contributed by atoms with Gasteiger partial charge in [0.1, 0.15) is 16.8 Å². The second-order valence-corrected chi connectivity index (χ2v) is 9.32. The molecule has 0 saturated carbocycles. The molecule has 3 heterocycles. The lowest BCUT2D eigenvalue weighted by atomic mass is 10.1. The number of fused-ring (bicyclic) bond motifs is 3. The van der Waals surface area contributed by atoms with Crippen LogP contribution in [-0.4, -0.2) is 60.2 Å². The Balaban J connectivity index is 0.000000456. The highest BCUT2D eigenvalue weighted by Crippen LogP contribution is 2.34. The van der Waals surface area contributed by atoms with Gasteiger partial charge in [-0.3, -0.25) is 0 Å². The normalized spacial score (nSPS) is 12.5. The molecule has 0 bridgehead atoms. The number of aliphatic hydroxyl groups is 1. The molecule has 5 N–H and O–H groups in total. The first-order valence-electron chi connectivity index (χ1n) is 13.8. The molecule has 0 amide bonds. The van der Waals surface area contributed by atoms with E-state index >= 15 is 0 Å².